The van der Waals surface area contributed by atoms with Crippen molar-refractivity contribution in [3.8, 4) is 0 Å². The number of benzene rings is 1. The van der Waals surface area contributed by atoms with Gasteiger partial charge in [-0.25, -0.2) is 4.39 Å². The Morgan fingerprint density at radius 1 is 1.29 bits per heavy atom. The maximum Gasteiger partial charge on any atom is 0.149 e. The SMILES string of the molecule is OC(c1ccnnc1)c1ccc(Br)c(Cl)c1F. The molecule has 3 nitrogen and oxygen atoms in total. The van der Waals surface area contributed by atoms with Gasteiger partial charge >= 0.3 is 0 Å². The summed E-state index contributed by atoms with van der Waals surface area (Å²) >= 11 is 8.86. The summed E-state index contributed by atoms with van der Waals surface area (Å²) in [5.41, 5.74) is 0.559. The third kappa shape index (κ3) is 2.46. The highest BCUT2D eigenvalue weighted by atomic mass is 79.9. The molecule has 0 fully saturated rings. The van der Waals surface area contributed by atoms with Crippen LogP contribution < -0.4 is 0 Å². The first-order chi connectivity index (χ1) is 8.11. The first-order valence-corrected chi connectivity index (χ1v) is 5.86. The second kappa shape index (κ2) is 5.08. The zero-order valence-corrected chi connectivity index (χ0v) is 10.8. The molecule has 1 atom stereocenters. The minimum atomic E-state index is -1.11. The molecule has 1 heterocycles. The van der Waals surface area contributed by atoms with Crippen molar-refractivity contribution in [1.82, 2.24) is 10.2 Å². The van der Waals surface area contributed by atoms with Crippen LogP contribution in [0.4, 0.5) is 4.39 Å². The first-order valence-electron chi connectivity index (χ1n) is 4.69. The fourth-order valence-corrected chi connectivity index (χ4v) is 1.87. The van der Waals surface area contributed by atoms with Gasteiger partial charge in [-0.15, -0.1) is 0 Å². The van der Waals surface area contributed by atoms with E-state index in [1.165, 1.54) is 18.5 Å². The lowest BCUT2D eigenvalue weighted by Crippen LogP contribution is -2.04. The predicted molar refractivity (Wildman–Crippen MR) is 65.2 cm³/mol. The molecule has 0 bridgehead atoms. The molecule has 0 aliphatic rings. The quantitative estimate of drug-likeness (QED) is 0.866. The molecule has 0 amide bonds. The summed E-state index contributed by atoms with van der Waals surface area (Å²) in [6.45, 7) is 0. The zero-order chi connectivity index (χ0) is 12.4. The monoisotopic (exact) mass is 316 g/mol. The first kappa shape index (κ1) is 12.4. The number of hydrogen-bond acceptors (Lipinski definition) is 3. The van der Waals surface area contributed by atoms with Gasteiger partial charge in [-0.05, 0) is 28.1 Å². The standard InChI is InChI=1S/C11H7BrClFN2O/c12-8-2-1-7(10(14)9(8)13)11(17)6-3-4-15-16-5-6/h1-5,11,17H. The lowest BCUT2D eigenvalue weighted by atomic mass is 10.0. The van der Waals surface area contributed by atoms with Crippen molar-refractivity contribution in [2.24, 2.45) is 0 Å². The highest BCUT2D eigenvalue weighted by Crippen LogP contribution is 2.32. The van der Waals surface area contributed by atoms with Gasteiger partial charge in [0.25, 0.3) is 0 Å². The van der Waals surface area contributed by atoms with E-state index in [2.05, 4.69) is 26.1 Å². The number of halogens is 3. The van der Waals surface area contributed by atoms with Crippen LogP contribution in [0.1, 0.15) is 17.2 Å². The summed E-state index contributed by atoms with van der Waals surface area (Å²) < 4.78 is 14.3. The second-order valence-corrected chi connectivity index (χ2v) is 4.58. The molecule has 0 spiro atoms. The van der Waals surface area contributed by atoms with E-state index >= 15 is 0 Å². The van der Waals surface area contributed by atoms with Gasteiger partial charge in [-0.2, -0.15) is 10.2 Å². The number of aliphatic hydroxyl groups is 1. The number of aliphatic hydroxyl groups excluding tert-OH is 1. The minimum Gasteiger partial charge on any atom is -0.383 e. The summed E-state index contributed by atoms with van der Waals surface area (Å²) in [6, 6.07) is 4.61. The van der Waals surface area contributed by atoms with E-state index in [0.717, 1.165) is 0 Å². The summed E-state index contributed by atoms with van der Waals surface area (Å²) in [7, 11) is 0. The Balaban J connectivity index is 2.45. The highest BCUT2D eigenvalue weighted by Gasteiger charge is 2.18. The molecule has 88 valence electrons. The smallest absolute Gasteiger partial charge is 0.149 e. The van der Waals surface area contributed by atoms with E-state index in [0.29, 0.717) is 10.0 Å². The van der Waals surface area contributed by atoms with Crippen molar-refractivity contribution in [2.45, 2.75) is 6.10 Å². The van der Waals surface area contributed by atoms with Crippen molar-refractivity contribution in [1.29, 1.82) is 0 Å². The molecule has 2 rings (SSSR count). The molecule has 0 radical (unpaired) electrons. The van der Waals surface area contributed by atoms with E-state index < -0.39 is 11.9 Å². The number of rotatable bonds is 2. The largest absolute Gasteiger partial charge is 0.383 e. The van der Waals surface area contributed by atoms with Crippen LogP contribution in [-0.2, 0) is 0 Å². The summed E-state index contributed by atoms with van der Waals surface area (Å²) in [4.78, 5) is 0. The summed E-state index contributed by atoms with van der Waals surface area (Å²) in [5.74, 6) is -0.648. The third-order valence-corrected chi connectivity index (χ3v) is 3.54. The molecular weight excluding hydrogens is 310 g/mol. The van der Waals surface area contributed by atoms with Gasteiger partial charge < -0.3 is 5.11 Å². The number of aromatic nitrogens is 2. The Morgan fingerprint density at radius 3 is 2.71 bits per heavy atom. The molecule has 6 heteroatoms. The van der Waals surface area contributed by atoms with Gasteiger partial charge in [0.1, 0.15) is 11.9 Å². The topological polar surface area (TPSA) is 46.0 Å². The maximum atomic E-state index is 13.8. The van der Waals surface area contributed by atoms with Crippen molar-refractivity contribution in [2.75, 3.05) is 0 Å². The molecule has 0 saturated carbocycles. The molecule has 17 heavy (non-hydrogen) atoms. The van der Waals surface area contributed by atoms with E-state index in [-0.39, 0.29) is 10.6 Å². The molecule has 0 aliphatic carbocycles. The van der Waals surface area contributed by atoms with Crippen molar-refractivity contribution >= 4 is 27.5 Å². The van der Waals surface area contributed by atoms with Crippen molar-refractivity contribution in [3.05, 3.63) is 57.0 Å². The molecule has 0 aliphatic heterocycles. The number of hydrogen-bond donors (Lipinski definition) is 1. The fourth-order valence-electron chi connectivity index (χ4n) is 1.39. The van der Waals surface area contributed by atoms with Crippen LogP contribution in [-0.4, -0.2) is 15.3 Å². The van der Waals surface area contributed by atoms with Gasteiger partial charge in [0, 0.05) is 21.8 Å². The minimum absolute atomic E-state index is 0.0523. The van der Waals surface area contributed by atoms with Crippen LogP contribution in [0, 0.1) is 5.82 Å². The van der Waals surface area contributed by atoms with Crippen LogP contribution in [0.3, 0.4) is 0 Å². The normalized spacial score (nSPS) is 12.5. The molecule has 1 N–H and O–H groups in total. The van der Waals surface area contributed by atoms with Crippen molar-refractivity contribution < 1.29 is 9.50 Å². The Labute approximate surface area is 110 Å². The third-order valence-electron chi connectivity index (χ3n) is 2.28. The Bertz CT molecular complexity index is 538. The number of nitrogens with zero attached hydrogens (tertiary/aromatic N) is 2. The van der Waals surface area contributed by atoms with E-state index in [1.807, 2.05) is 0 Å². The fraction of sp³-hybridized carbons (Fsp3) is 0.0909. The Morgan fingerprint density at radius 2 is 2.06 bits per heavy atom. The highest BCUT2D eigenvalue weighted by molar-refractivity contribution is 9.10. The second-order valence-electron chi connectivity index (χ2n) is 3.34. The molecule has 2 aromatic rings. The lowest BCUT2D eigenvalue weighted by Gasteiger charge is -2.12. The summed E-state index contributed by atoms with van der Waals surface area (Å²) in [6.07, 6.45) is 1.69. The van der Waals surface area contributed by atoms with Gasteiger partial charge in [0.2, 0.25) is 0 Å². The van der Waals surface area contributed by atoms with Crippen molar-refractivity contribution in [3.63, 3.8) is 0 Å². The maximum absolute atomic E-state index is 13.8. The van der Waals surface area contributed by atoms with Crippen LogP contribution in [0.15, 0.2) is 35.1 Å². The average Bonchev–Trinajstić information content (AvgIpc) is 2.36. The van der Waals surface area contributed by atoms with Gasteiger partial charge in [0.15, 0.2) is 0 Å². The summed E-state index contributed by atoms with van der Waals surface area (Å²) in [5, 5.41) is 17.2. The van der Waals surface area contributed by atoms with Gasteiger partial charge in [-0.1, -0.05) is 17.7 Å². The van der Waals surface area contributed by atoms with Crippen LogP contribution in [0.5, 0.6) is 0 Å². The van der Waals surface area contributed by atoms with E-state index in [9.17, 15) is 9.50 Å². The van der Waals surface area contributed by atoms with Crippen LogP contribution >= 0.6 is 27.5 Å². The lowest BCUT2D eigenvalue weighted by molar-refractivity contribution is 0.214. The zero-order valence-electron chi connectivity index (χ0n) is 8.44. The van der Waals surface area contributed by atoms with E-state index in [1.54, 1.807) is 12.1 Å². The Hall–Kier alpha value is -1.04. The molecule has 0 saturated heterocycles. The van der Waals surface area contributed by atoms with Gasteiger partial charge in [0.05, 0.1) is 11.2 Å². The molecule has 1 aromatic heterocycles. The van der Waals surface area contributed by atoms with Gasteiger partial charge in [-0.3, -0.25) is 0 Å². The Kier molecular flexibility index (Phi) is 3.71. The molecule has 1 unspecified atom stereocenters. The average molecular weight is 318 g/mol. The predicted octanol–water partition coefficient (Wildman–Crippen LogP) is 3.11. The molecule has 1 aromatic carbocycles. The molecular formula is C11H7BrClFN2O. The van der Waals surface area contributed by atoms with E-state index in [4.69, 9.17) is 11.6 Å². The van der Waals surface area contributed by atoms with Crippen LogP contribution in [0.25, 0.3) is 0 Å². The van der Waals surface area contributed by atoms with Crippen LogP contribution in [0.2, 0.25) is 5.02 Å².